The first-order valence-corrected chi connectivity index (χ1v) is 7.45. The Morgan fingerprint density at radius 2 is 1.64 bits per heavy atom. The Balaban J connectivity index is 1.48. The number of nitrogens with one attached hydrogen (secondary N) is 2. The van der Waals surface area contributed by atoms with Gasteiger partial charge in [-0.3, -0.25) is 9.59 Å². The first kappa shape index (κ1) is 16.7. The summed E-state index contributed by atoms with van der Waals surface area (Å²) < 4.78 is 36.6. The van der Waals surface area contributed by atoms with E-state index in [2.05, 4.69) is 10.6 Å². The summed E-state index contributed by atoms with van der Waals surface area (Å²) in [6.45, 7) is 0.347. The normalized spacial score (nSPS) is 11.9. The summed E-state index contributed by atoms with van der Waals surface area (Å²) >= 11 is 0. The summed E-state index contributed by atoms with van der Waals surface area (Å²) in [5.74, 6) is -1.67. The average molecular weight is 348 g/mol. The second kappa shape index (κ2) is 7.16. The number of amides is 2. The van der Waals surface area contributed by atoms with Crippen molar-refractivity contribution in [2.75, 3.05) is 19.9 Å². The van der Waals surface area contributed by atoms with Crippen LogP contribution in [0.1, 0.15) is 20.7 Å². The van der Waals surface area contributed by atoms with Gasteiger partial charge in [0.2, 0.25) is 6.79 Å². The summed E-state index contributed by atoms with van der Waals surface area (Å²) in [6, 6.07) is 7.48. The molecule has 130 valence electrons. The van der Waals surface area contributed by atoms with Crippen molar-refractivity contribution in [2.45, 2.75) is 0 Å². The fourth-order valence-corrected chi connectivity index (χ4v) is 2.26. The zero-order chi connectivity index (χ0) is 17.8. The Hall–Kier alpha value is -3.16. The molecule has 0 unspecified atom stereocenters. The van der Waals surface area contributed by atoms with Gasteiger partial charge >= 0.3 is 0 Å². The van der Waals surface area contributed by atoms with Gasteiger partial charge in [-0.1, -0.05) is 0 Å². The molecular formula is C17H14F2N2O4. The monoisotopic (exact) mass is 348 g/mol. The number of rotatable bonds is 5. The Bertz CT molecular complexity index is 826. The van der Waals surface area contributed by atoms with Gasteiger partial charge in [0.15, 0.2) is 11.5 Å². The Labute approximate surface area is 141 Å². The SMILES string of the molecule is O=C(NCCNC(=O)c1ccc(F)cc1F)c1ccc2c(c1)OCO2. The third kappa shape index (κ3) is 3.85. The molecule has 8 heteroatoms. The second-order valence-corrected chi connectivity index (χ2v) is 5.20. The first-order valence-electron chi connectivity index (χ1n) is 7.45. The number of ether oxygens (including phenoxy) is 2. The molecular weight excluding hydrogens is 334 g/mol. The molecule has 3 rings (SSSR count). The maximum absolute atomic E-state index is 13.5. The van der Waals surface area contributed by atoms with Crippen molar-refractivity contribution >= 4 is 11.8 Å². The van der Waals surface area contributed by atoms with Crippen molar-refractivity contribution in [3.05, 3.63) is 59.2 Å². The molecule has 0 aliphatic carbocycles. The molecule has 2 amide bonds. The Morgan fingerprint density at radius 1 is 0.920 bits per heavy atom. The second-order valence-electron chi connectivity index (χ2n) is 5.20. The van der Waals surface area contributed by atoms with Crippen LogP contribution in [0.15, 0.2) is 36.4 Å². The average Bonchev–Trinajstić information content (AvgIpc) is 3.06. The maximum atomic E-state index is 13.5. The van der Waals surface area contributed by atoms with Crippen LogP contribution in [-0.4, -0.2) is 31.7 Å². The standard InChI is InChI=1S/C17H14F2N2O4/c18-11-2-3-12(13(19)8-11)17(23)21-6-5-20-16(22)10-1-4-14-15(7-10)25-9-24-14/h1-4,7-8H,5-6,9H2,(H,20,22)(H,21,23). The van der Waals surface area contributed by atoms with Gasteiger partial charge in [0, 0.05) is 24.7 Å². The molecule has 0 atom stereocenters. The lowest BCUT2D eigenvalue weighted by molar-refractivity contribution is 0.0925. The lowest BCUT2D eigenvalue weighted by atomic mass is 10.2. The van der Waals surface area contributed by atoms with Gasteiger partial charge in [0.25, 0.3) is 11.8 Å². The zero-order valence-corrected chi connectivity index (χ0v) is 13.0. The topological polar surface area (TPSA) is 76.7 Å². The predicted octanol–water partition coefficient (Wildman–Crippen LogP) is 1.85. The van der Waals surface area contributed by atoms with E-state index in [1.54, 1.807) is 18.2 Å². The largest absolute Gasteiger partial charge is 0.454 e. The fraction of sp³-hybridized carbons (Fsp3) is 0.176. The van der Waals surface area contributed by atoms with Crippen molar-refractivity contribution in [3.8, 4) is 11.5 Å². The van der Waals surface area contributed by atoms with E-state index in [-0.39, 0.29) is 31.4 Å². The summed E-state index contributed by atoms with van der Waals surface area (Å²) in [6.07, 6.45) is 0. The molecule has 0 radical (unpaired) electrons. The summed E-state index contributed by atoms with van der Waals surface area (Å²) in [5.41, 5.74) is 0.128. The van der Waals surface area contributed by atoms with Crippen LogP contribution in [0, 0.1) is 11.6 Å². The first-order chi connectivity index (χ1) is 12.0. The number of halogens is 2. The van der Waals surface area contributed by atoms with E-state index in [1.165, 1.54) is 0 Å². The van der Waals surface area contributed by atoms with Gasteiger partial charge in [-0.25, -0.2) is 8.78 Å². The fourth-order valence-electron chi connectivity index (χ4n) is 2.26. The smallest absolute Gasteiger partial charge is 0.254 e. The van der Waals surface area contributed by atoms with E-state index in [0.29, 0.717) is 23.1 Å². The molecule has 0 aromatic heterocycles. The third-order valence-corrected chi connectivity index (χ3v) is 3.51. The number of hydrogen-bond acceptors (Lipinski definition) is 4. The number of hydrogen-bond donors (Lipinski definition) is 2. The number of carbonyl (C=O) groups is 2. The molecule has 0 spiro atoms. The minimum absolute atomic E-state index is 0.0892. The molecule has 1 aliphatic rings. The Kier molecular flexibility index (Phi) is 4.78. The van der Waals surface area contributed by atoms with Crippen molar-refractivity contribution in [1.82, 2.24) is 10.6 Å². The van der Waals surface area contributed by atoms with Gasteiger partial charge in [-0.05, 0) is 30.3 Å². The third-order valence-electron chi connectivity index (χ3n) is 3.51. The highest BCUT2D eigenvalue weighted by Gasteiger charge is 2.16. The van der Waals surface area contributed by atoms with Crippen molar-refractivity contribution in [2.24, 2.45) is 0 Å². The predicted molar refractivity (Wildman–Crippen MR) is 83.6 cm³/mol. The highest BCUT2D eigenvalue weighted by molar-refractivity contribution is 5.95. The minimum atomic E-state index is -0.943. The number of carbonyl (C=O) groups excluding carboxylic acids is 2. The number of fused-ring (bicyclic) bond motifs is 1. The van der Waals surface area contributed by atoms with Crippen LogP contribution in [0.25, 0.3) is 0 Å². The van der Waals surface area contributed by atoms with Crippen molar-refractivity contribution in [1.29, 1.82) is 0 Å². The summed E-state index contributed by atoms with van der Waals surface area (Å²) in [5, 5.41) is 5.06. The van der Waals surface area contributed by atoms with Crippen LogP contribution in [0.3, 0.4) is 0 Å². The van der Waals surface area contributed by atoms with E-state index in [4.69, 9.17) is 9.47 Å². The van der Waals surface area contributed by atoms with Gasteiger partial charge < -0.3 is 20.1 Å². The molecule has 1 aliphatic heterocycles. The quantitative estimate of drug-likeness (QED) is 0.809. The van der Waals surface area contributed by atoms with Gasteiger partial charge in [0.1, 0.15) is 11.6 Å². The molecule has 2 aromatic rings. The molecule has 25 heavy (non-hydrogen) atoms. The molecule has 2 N–H and O–H groups in total. The summed E-state index contributed by atoms with van der Waals surface area (Å²) in [7, 11) is 0. The molecule has 6 nitrogen and oxygen atoms in total. The lowest BCUT2D eigenvalue weighted by Gasteiger charge is -2.08. The van der Waals surface area contributed by atoms with E-state index in [1.807, 2.05) is 0 Å². The lowest BCUT2D eigenvalue weighted by Crippen LogP contribution is -2.35. The van der Waals surface area contributed by atoms with Gasteiger partial charge in [-0.2, -0.15) is 0 Å². The van der Waals surface area contributed by atoms with E-state index in [0.717, 1.165) is 12.1 Å². The van der Waals surface area contributed by atoms with Crippen LogP contribution < -0.4 is 20.1 Å². The minimum Gasteiger partial charge on any atom is -0.454 e. The van der Waals surface area contributed by atoms with E-state index in [9.17, 15) is 18.4 Å². The summed E-state index contributed by atoms with van der Waals surface area (Å²) in [4.78, 5) is 23.8. The van der Waals surface area contributed by atoms with E-state index >= 15 is 0 Å². The van der Waals surface area contributed by atoms with Gasteiger partial charge in [0.05, 0.1) is 5.56 Å². The van der Waals surface area contributed by atoms with Crippen LogP contribution in [-0.2, 0) is 0 Å². The highest BCUT2D eigenvalue weighted by Crippen LogP contribution is 2.32. The molecule has 2 aromatic carbocycles. The zero-order valence-electron chi connectivity index (χ0n) is 13.0. The molecule has 0 bridgehead atoms. The molecule has 0 fully saturated rings. The Morgan fingerprint density at radius 3 is 2.40 bits per heavy atom. The van der Waals surface area contributed by atoms with Crippen LogP contribution in [0.5, 0.6) is 11.5 Å². The molecule has 0 saturated heterocycles. The van der Waals surface area contributed by atoms with Gasteiger partial charge in [-0.15, -0.1) is 0 Å². The van der Waals surface area contributed by atoms with Crippen LogP contribution in [0.2, 0.25) is 0 Å². The highest BCUT2D eigenvalue weighted by atomic mass is 19.1. The maximum Gasteiger partial charge on any atom is 0.254 e. The molecule has 0 saturated carbocycles. The van der Waals surface area contributed by atoms with Crippen molar-refractivity contribution < 1.29 is 27.8 Å². The molecule has 1 heterocycles. The van der Waals surface area contributed by atoms with Crippen LogP contribution in [0.4, 0.5) is 8.78 Å². The number of benzene rings is 2. The van der Waals surface area contributed by atoms with Crippen LogP contribution >= 0.6 is 0 Å². The van der Waals surface area contributed by atoms with E-state index < -0.39 is 17.5 Å². The van der Waals surface area contributed by atoms with Crippen molar-refractivity contribution in [3.63, 3.8) is 0 Å².